The summed E-state index contributed by atoms with van der Waals surface area (Å²) in [5, 5.41) is 18.7. The number of nitrogens with zero attached hydrogens (tertiary/aromatic N) is 1. The minimum Gasteiger partial charge on any atom is -0.480 e. The van der Waals surface area contributed by atoms with Gasteiger partial charge in [0.05, 0.1) is 6.10 Å². The molecule has 118 valence electrons. The number of aliphatic hydroxyl groups excluding tert-OH is 1. The van der Waals surface area contributed by atoms with Gasteiger partial charge in [0.2, 0.25) is 0 Å². The van der Waals surface area contributed by atoms with Crippen molar-refractivity contribution in [3.8, 4) is 0 Å². The minimum absolute atomic E-state index is 0.295. The van der Waals surface area contributed by atoms with Gasteiger partial charge in [-0.05, 0) is 26.7 Å². The molecule has 1 heterocycles. The first kappa shape index (κ1) is 17.4. The lowest BCUT2D eigenvalue weighted by atomic mass is 10.0. The largest absolute Gasteiger partial charge is 0.480 e. The molecule has 0 saturated carbocycles. The molecule has 21 heavy (non-hydrogen) atoms. The first-order chi connectivity index (χ1) is 9.82. The Morgan fingerprint density at radius 3 is 2.29 bits per heavy atom. The van der Waals surface area contributed by atoms with E-state index in [-0.39, 0.29) is 0 Å². The topological polar surface area (TPSA) is 94.9 Å². The fraction of sp³-hybridized carbons (Fsp3) is 0.667. The van der Waals surface area contributed by atoms with E-state index in [9.17, 15) is 19.5 Å². The van der Waals surface area contributed by atoms with Gasteiger partial charge in [-0.2, -0.15) is 0 Å². The molecular formula is C15H23NO5. The number of aliphatic carboxylic acids is 1. The van der Waals surface area contributed by atoms with Crippen molar-refractivity contribution in [2.45, 2.75) is 65.0 Å². The fourth-order valence-corrected chi connectivity index (χ4v) is 2.52. The third-order valence-electron chi connectivity index (χ3n) is 3.74. The number of imide groups is 1. The van der Waals surface area contributed by atoms with Crippen molar-refractivity contribution in [3.05, 3.63) is 11.1 Å². The summed E-state index contributed by atoms with van der Waals surface area (Å²) in [7, 11) is 0. The summed E-state index contributed by atoms with van der Waals surface area (Å²) in [6.45, 7) is 4.88. The standard InChI is InChI=1S/C15H23NO5/c1-4-5-6-7-8-11-9(2)13(18)16(14(11)19)12(10(3)17)15(20)21/h10,12,17H,4-8H2,1-3H3,(H,20,21)/t10-,12-/m0/s1. The van der Waals surface area contributed by atoms with Crippen molar-refractivity contribution < 1.29 is 24.6 Å². The lowest BCUT2D eigenvalue weighted by molar-refractivity contribution is -0.158. The lowest BCUT2D eigenvalue weighted by Gasteiger charge is -2.25. The second-order valence-corrected chi connectivity index (χ2v) is 5.42. The molecule has 1 aliphatic rings. The zero-order valence-electron chi connectivity index (χ0n) is 12.8. The highest BCUT2D eigenvalue weighted by molar-refractivity contribution is 6.20. The number of hydrogen-bond donors (Lipinski definition) is 2. The molecule has 1 rings (SSSR count). The highest BCUT2D eigenvalue weighted by Crippen LogP contribution is 2.27. The lowest BCUT2D eigenvalue weighted by Crippen LogP contribution is -2.51. The molecule has 0 unspecified atom stereocenters. The van der Waals surface area contributed by atoms with Crippen molar-refractivity contribution in [1.82, 2.24) is 4.90 Å². The number of aliphatic hydroxyl groups is 1. The number of rotatable bonds is 8. The zero-order valence-corrected chi connectivity index (χ0v) is 12.8. The average Bonchev–Trinajstić information content (AvgIpc) is 2.60. The molecule has 0 fully saturated rings. The molecule has 1 aliphatic heterocycles. The molecule has 6 heteroatoms. The highest BCUT2D eigenvalue weighted by atomic mass is 16.4. The quantitative estimate of drug-likeness (QED) is 0.522. The molecule has 2 amide bonds. The van der Waals surface area contributed by atoms with Gasteiger partial charge in [0.25, 0.3) is 11.8 Å². The monoisotopic (exact) mass is 297 g/mol. The van der Waals surface area contributed by atoms with Crippen molar-refractivity contribution in [3.63, 3.8) is 0 Å². The third kappa shape index (κ3) is 3.69. The Labute approximate surface area is 124 Å². The Kier molecular flexibility index (Phi) is 6.08. The van der Waals surface area contributed by atoms with Gasteiger partial charge in [-0.15, -0.1) is 0 Å². The fourth-order valence-electron chi connectivity index (χ4n) is 2.52. The Bertz CT molecular complexity index is 467. The van der Waals surface area contributed by atoms with Crippen LogP contribution in [-0.4, -0.2) is 45.0 Å². The van der Waals surface area contributed by atoms with E-state index in [1.807, 2.05) is 0 Å². The van der Waals surface area contributed by atoms with Crippen LogP contribution in [0.3, 0.4) is 0 Å². The van der Waals surface area contributed by atoms with E-state index in [4.69, 9.17) is 5.11 Å². The molecule has 0 radical (unpaired) electrons. The maximum absolute atomic E-state index is 12.3. The van der Waals surface area contributed by atoms with Crippen LogP contribution in [0.1, 0.15) is 52.9 Å². The number of carbonyl (C=O) groups excluding carboxylic acids is 2. The van der Waals surface area contributed by atoms with Gasteiger partial charge in [0.15, 0.2) is 6.04 Å². The van der Waals surface area contributed by atoms with Crippen molar-refractivity contribution in [2.24, 2.45) is 0 Å². The van der Waals surface area contributed by atoms with E-state index < -0.39 is 29.9 Å². The van der Waals surface area contributed by atoms with Gasteiger partial charge in [0.1, 0.15) is 0 Å². The summed E-state index contributed by atoms with van der Waals surface area (Å²) in [6.07, 6.45) is 3.04. The van der Waals surface area contributed by atoms with Crippen LogP contribution in [0.2, 0.25) is 0 Å². The van der Waals surface area contributed by atoms with E-state index in [0.717, 1.165) is 25.7 Å². The van der Waals surface area contributed by atoms with Gasteiger partial charge in [0, 0.05) is 11.1 Å². The molecule has 0 spiro atoms. The maximum Gasteiger partial charge on any atom is 0.329 e. The molecule has 0 aromatic carbocycles. The summed E-state index contributed by atoms with van der Waals surface area (Å²) in [5.74, 6) is -2.58. The Morgan fingerprint density at radius 2 is 1.81 bits per heavy atom. The molecule has 2 N–H and O–H groups in total. The summed E-state index contributed by atoms with van der Waals surface area (Å²) in [6, 6.07) is -1.53. The van der Waals surface area contributed by atoms with E-state index in [0.29, 0.717) is 22.5 Å². The second kappa shape index (κ2) is 7.36. The predicted octanol–water partition coefficient (Wildman–Crippen LogP) is 1.48. The predicted molar refractivity (Wildman–Crippen MR) is 76.4 cm³/mol. The minimum atomic E-state index is -1.53. The summed E-state index contributed by atoms with van der Waals surface area (Å²) in [4.78, 5) is 36.3. The number of amides is 2. The first-order valence-corrected chi connectivity index (χ1v) is 7.31. The maximum atomic E-state index is 12.3. The van der Waals surface area contributed by atoms with E-state index in [2.05, 4.69) is 6.92 Å². The molecular weight excluding hydrogens is 274 g/mol. The first-order valence-electron chi connectivity index (χ1n) is 7.31. The van der Waals surface area contributed by atoms with Crippen LogP contribution in [0, 0.1) is 0 Å². The second-order valence-electron chi connectivity index (χ2n) is 5.42. The number of carbonyl (C=O) groups is 3. The van der Waals surface area contributed by atoms with Crippen LogP contribution in [0.4, 0.5) is 0 Å². The van der Waals surface area contributed by atoms with Crippen molar-refractivity contribution in [1.29, 1.82) is 0 Å². The highest BCUT2D eigenvalue weighted by Gasteiger charge is 2.44. The number of unbranched alkanes of at least 4 members (excludes halogenated alkanes) is 3. The van der Waals surface area contributed by atoms with E-state index in [1.54, 1.807) is 0 Å². The smallest absolute Gasteiger partial charge is 0.329 e. The number of hydrogen-bond acceptors (Lipinski definition) is 4. The van der Waals surface area contributed by atoms with Crippen LogP contribution < -0.4 is 0 Å². The summed E-state index contributed by atoms with van der Waals surface area (Å²) >= 11 is 0. The molecule has 0 bridgehead atoms. The molecule has 6 nitrogen and oxygen atoms in total. The van der Waals surface area contributed by atoms with Crippen LogP contribution in [0.25, 0.3) is 0 Å². The summed E-state index contributed by atoms with van der Waals surface area (Å²) in [5.41, 5.74) is 0.673. The van der Waals surface area contributed by atoms with Crippen LogP contribution >= 0.6 is 0 Å². The summed E-state index contributed by atoms with van der Waals surface area (Å²) < 4.78 is 0. The Morgan fingerprint density at radius 1 is 1.19 bits per heavy atom. The van der Waals surface area contributed by atoms with Crippen molar-refractivity contribution in [2.75, 3.05) is 0 Å². The van der Waals surface area contributed by atoms with Crippen LogP contribution in [-0.2, 0) is 14.4 Å². The van der Waals surface area contributed by atoms with Gasteiger partial charge in [-0.3, -0.25) is 14.5 Å². The molecule has 2 atom stereocenters. The van der Waals surface area contributed by atoms with E-state index >= 15 is 0 Å². The normalized spacial score (nSPS) is 18.4. The van der Waals surface area contributed by atoms with E-state index in [1.165, 1.54) is 13.8 Å². The van der Waals surface area contributed by atoms with Gasteiger partial charge < -0.3 is 10.2 Å². The number of carboxylic acid groups (broad SMARTS) is 1. The number of carboxylic acids is 1. The van der Waals surface area contributed by atoms with Gasteiger partial charge in [-0.1, -0.05) is 26.2 Å². The molecule has 0 aromatic rings. The molecule has 0 saturated heterocycles. The van der Waals surface area contributed by atoms with Crippen LogP contribution in [0.15, 0.2) is 11.1 Å². The SMILES string of the molecule is CCCCCCC1=C(C)C(=O)N([C@H](C(=O)O)[C@H](C)O)C1=O. The molecule has 0 aromatic heterocycles. The van der Waals surface area contributed by atoms with Gasteiger partial charge in [-0.25, -0.2) is 4.79 Å². The third-order valence-corrected chi connectivity index (χ3v) is 3.74. The molecule has 0 aliphatic carbocycles. The van der Waals surface area contributed by atoms with Crippen molar-refractivity contribution >= 4 is 17.8 Å². The van der Waals surface area contributed by atoms with Crippen LogP contribution in [0.5, 0.6) is 0 Å². The zero-order chi connectivity index (χ0) is 16.2. The van der Waals surface area contributed by atoms with Gasteiger partial charge >= 0.3 is 5.97 Å². The Balaban J connectivity index is 2.88. The average molecular weight is 297 g/mol. The Hall–Kier alpha value is -1.69.